The van der Waals surface area contributed by atoms with Gasteiger partial charge in [-0.1, -0.05) is 33.6 Å². The van der Waals surface area contributed by atoms with Crippen LogP contribution in [0.4, 0.5) is 0 Å². The number of hydrogen-bond acceptors (Lipinski definition) is 2. The van der Waals surface area contributed by atoms with Gasteiger partial charge in [-0.25, -0.2) is 0 Å². The third-order valence-corrected chi connectivity index (χ3v) is 4.84. The molecule has 0 aromatic rings. The first kappa shape index (κ1) is 14.3. The zero-order chi connectivity index (χ0) is 13.0. The van der Waals surface area contributed by atoms with Crippen molar-refractivity contribution in [1.29, 1.82) is 0 Å². The Balaban J connectivity index is 1.70. The largest absolute Gasteiger partial charge is 0.316 e. The minimum absolute atomic E-state index is 0.779. The SMILES string of the molecule is CC(C)CNCC1CCN(C2CCCCC2C)C1. The Bertz CT molecular complexity index is 239. The molecule has 1 aliphatic carbocycles. The molecule has 18 heavy (non-hydrogen) atoms. The second kappa shape index (κ2) is 6.91. The highest BCUT2D eigenvalue weighted by atomic mass is 15.2. The van der Waals surface area contributed by atoms with E-state index in [4.69, 9.17) is 0 Å². The third kappa shape index (κ3) is 3.96. The number of rotatable bonds is 5. The molecule has 0 bridgehead atoms. The minimum atomic E-state index is 0.779. The van der Waals surface area contributed by atoms with Crippen molar-refractivity contribution in [3.8, 4) is 0 Å². The summed E-state index contributed by atoms with van der Waals surface area (Å²) >= 11 is 0. The summed E-state index contributed by atoms with van der Waals surface area (Å²) < 4.78 is 0. The van der Waals surface area contributed by atoms with Gasteiger partial charge >= 0.3 is 0 Å². The topological polar surface area (TPSA) is 15.3 Å². The zero-order valence-electron chi connectivity index (χ0n) is 12.6. The lowest BCUT2D eigenvalue weighted by atomic mass is 9.85. The van der Waals surface area contributed by atoms with Gasteiger partial charge in [-0.3, -0.25) is 4.90 Å². The van der Waals surface area contributed by atoms with Crippen molar-refractivity contribution < 1.29 is 0 Å². The van der Waals surface area contributed by atoms with Gasteiger partial charge in [0.15, 0.2) is 0 Å². The van der Waals surface area contributed by atoms with Crippen LogP contribution < -0.4 is 5.32 Å². The second-order valence-electron chi connectivity index (χ2n) is 7.03. The lowest BCUT2D eigenvalue weighted by Gasteiger charge is -2.36. The number of nitrogens with one attached hydrogen (secondary N) is 1. The average Bonchev–Trinajstić information content (AvgIpc) is 2.78. The molecule has 0 aromatic carbocycles. The zero-order valence-corrected chi connectivity index (χ0v) is 12.6. The lowest BCUT2D eigenvalue weighted by Crippen LogP contribution is -2.40. The van der Waals surface area contributed by atoms with E-state index in [1.54, 1.807) is 0 Å². The molecule has 2 heteroatoms. The van der Waals surface area contributed by atoms with Crippen LogP contribution in [0.1, 0.15) is 52.9 Å². The van der Waals surface area contributed by atoms with Crippen molar-refractivity contribution in [3.63, 3.8) is 0 Å². The molecule has 3 atom stereocenters. The van der Waals surface area contributed by atoms with Crippen LogP contribution in [0.3, 0.4) is 0 Å². The average molecular weight is 252 g/mol. The molecule has 2 fully saturated rings. The second-order valence-corrected chi connectivity index (χ2v) is 7.03. The Hall–Kier alpha value is -0.0800. The molecule has 1 saturated heterocycles. The van der Waals surface area contributed by atoms with E-state index in [-0.39, 0.29) is 0 Å². The van der Waals surface area contributed by atoms with Gasteiger partial charge < -0.3 is 5.32 Å². The first-order valence-electron chi connectivity index (χ1n) is 8.11. The summed E-state index contributed by atoms with van der Waals surface area (Å²) in [6.45, 7) is 12.2. The van der Waals surface area contributed by atoms with Crippen molar-refractivity contribution in [2.45, 2.75) is 58.9 Å². The summed E-state index contributed by atoms with van der Waals surface area (Å²) in [6.07, 6.45) is 7.24. The molecule has 1 aliphatic heterocycles. The fraction of sp³-hybridized carbons (Fsp3) is 1.00. The van der Waals surface area contributed by atoms with Crippen molar-refractivity contribution in [1.82, 2.24) is 10.2 Å². The van der Waals surface area contributed by atoms with E-state index in [0.29, 0.717) is 0 Å². The maximum absolute atomic E-state index is 3.63. The molecule has 1 heterocycles. The number of hydrogen-bond donors (Lipinski definition) is 1. The molecule has 1 N–H and O–H groups in total. The summed E-state index contributed by atoms with van der Waals surface area (Å²) in [4.78, 5) is 2.80. The highest BCUT2D eigenvalue weighted by Crippen LogP contribution is 2.31. The van der Waals surface area contributed by atoms with Crippen molar-refractivity contribution in [2.24, 2.45) is 17.8 Å². The lowest BCUT2D eigenvalue weighted by molar-refractivity contribution is 0.134. The number of likely N-dealkylation sites (tertiary alicyclic amines) is 1. The van der Waals surface area contributed by atoms with E-state index in [0.717, 1.165) is 23.8 Å². The Morgan fingerprint density at radius 3 is 2.67 bits per heavy atom. The predicted molar refractivity (Wildman–Crippen MR) is 78.8 cm³/mol. The fourth-order valence-corrected chi connectivity index (χ4v) is 3.75. The fourth-order valence-electron chi connectivity index (χ4n) is 3.75. The van der Waals surface area contributed by atoms with Gasteiger partial charge in [-0.05, 0) is 56.7 Å². The van der Waals surface area contributed by atoms with Crippen LogP contribution in [0.2, 0.25) is 0 Å². The standard InChI is InChI=1S/C16H32N2/c1-13(2)10-17-11-15-8-9-18(12-15)16-7-5-4-6-14(16)3/h13-17H,4-12H2,1-3H3. The first-order chi connectivity index (χ1) is 8.66. The smallest absolute Gasteiger partial charge is 0.0121 e. The molecule has 2 rings (SSSR count). The van der Waals surface area contributed by atoms with Crippen molar-refractivity contribution in [2.75, 3.05) is 26.2 Å². The van der Waals surface area contributed by atoms with E-state index in [2.05, 4.69) is 31.0 Å². The van der Waals surface area contributed by atoms with Crippen LogP contribution in [0.15, 0.2) is 0 Å². The highest BCUT2D eigenvalue weighted by molar-refractivity contribution is 4.87. The molecule has 0 spiro atoms. The van der Waals surface area contributed by atoms with Crippen LogP contribution in [0.25, 0.3) is 0 Å². The molecule has 0 aromatic heterocycles. The van der Waals surface area contributed by atoms with Gasteiger partial charge in [0.1, 0.15) is 0 Å². The van der Waals surface area contributed by atoms with E-state index in [1.807, 2.05) is 0 Å². The predicted octanol–water partition coefficient (Wildman–Crippen LogP) is 3.13. The summed E-state index contributed by atoms with van der Waals surface area (Å²) in [5, 5.41) is 3.63. The van der Waals surface area contributed by atoms with Gasteiger partial charge in [0.05, 0.1) is 0 Å². The van der Waals surface area contributed by atoms with Crippen LogP contribution in [-0.4, -0.2) is 37.1 Å². The third-order valence-electron chi connectivity index (χ3n) is 4.84. The van der Waals surface area contributed by atoms with E-state index < -0.39 is 0 Å². The monoisotopic (exact) mass is 252 g/mol. The van der Waals surface area contributed by atoms with Crippen LogP contribution in [0.5, 0.6) is 0 Å². The van der Waals surface area contributed by atoms with Crippen LogP contribution in [-0.2, 0) is 0 Å². The summed E-state index contributed by atoms with van der Waals surface area (Å²) in [6, 6.07) is 0.897. The molecule has 2 nitrogen and oxygen atoms in total. The van der Waals surface area contributed by atoms with Gasteiger partial charge in [0.25, 0.3) is 0 Å². The maximum atomic E-state index is 3.63. The quantitative estimate of drug-likeness (QED) is 0.809. The van der Waals surface area contributed by atoms with Crippen molar-refractivity contribution in [3.05, 3.63) is 0 Å². The van der Waals surface area contributed by atoms with Gasteiger partial charge in [-0.2, -0.15) is 0 Å². The highest BCUT2D eigenvalue weighted by Gasteiger charge is 2.32. The summed E-state index contributed by atoms with van der Waals surface area (Å²) in [5.41, 5.74) is 0. The first-order valence-corrected chi connectivity index (χ1v) is 8.11. The molecule has 0 radical (unpaired) electrons. The molecule has 1 saturated carbocycles. The molecular formula is C16H32N2. The normalized spacial score (nSPS) is 34.3. The Labute approximate surface area is 114 Å². The Morgan fingerprint density at radius 2 is 1.94 bits per heavy atom. The van der Waals surface area contributed by atoms with E-state index in [9.17, 15) is 0 Å². The van der Waals surface area contributed by atoms with Gasteiger partial charge in [0, 0.05) is 12.6 Å². The molecule has 3 unspecified atom stereocenters. The van der Waals surface area contributed by atoms with Gasteiger partial charge in [-0.15, -0.1) is 0 Å². The Kier molecular flexibility index (Phi) is 5.50. The molecular weight excluding hydrogens is 220 g/mol. The van der Waals surface area contributed by atoms with Gasteiger partial charge in [0.2, 0.25) is 0 Å². The summed E-state index contributed by atoms with van der Waals surface area (Å²) in [7, 11) is 0. The molecule has 106 valence electrons. The van der Waals surface area contributed by atoms with Crippen LogP contribution in [0, 0.1) is 17.8 Å². The van der Waals surface area contributed by atoms with Crippen molar-refractivity contribution >= 4 is 0 Å². The summed E-state index contributed by atoms with van der Waals surface area (Å²) in [5.74, 6) is 2.61. The number of nitrogens with zero attached hydrogens (tertiary/aromatic N) is 1. The molecule has 2 aliphatic rings. The molecule has 0 amide bonds. The maximum Gasteiger partial charge on any atom is 0.0121 e. The Morgan fingerprint density at radius 1 is 1.17 bits per heavy atom. The van der Waals surface area contributed by atoms with Crippen LogP contribution >= 0.6 is 0 Å². The van der Waals surface area contributed by atoms with E-state index in [1.165, 1.54) is 58.3 Å². The minimum Gasteiger partial charge on any atom is -0.316 e. The van der Waals surface area contributed by atoms with E-state index >= 15 is 0 Å².